The van der Waals surface area contributed by atoms with Crippen molar-refractivity contribution in [2.45, 2.75) is 26.6 Å². The Morgan fingerprint density at radius 3 is 2.38 bits per heavy atom. The number of carbonyl (C=O) groups excluding carboxylic acids is 1. The number of benzene rings is 2. The zero-order chi connectivity index (χ0) is 24.1. The first-order chi connectivity index (χ1) is 15.0. The maximum Gasteiger partial charge on any atom is 0.417 e. The first kappa shape index (κ1) is 24.8. The van der Waals surface area contributed by atoms with Gasteiger partial charge in [-0.2, -0.15) is 13.2 Å². The molecule has 0 saturated carbocycles. The quantitative estimate of drug-likeness (QED) is 0.260. The van der Waals surface area contributed by atoms with Gasteiger partial charge in [-0.25, -0.2) is 13.6 Å². The van der Waals surface area contributed by atoms with Crippen molar-refractivity contribution >= 4 is 17.4 Å². The summed E-state index contributed by atoms with van der Waals surface area (Å²) in [6, 6.07) is 5.38. The van der Waals surface area contributed by atoms with Crippen molar-refractivity contribution in [3.05, 3.63) is 69.8 Å². The zero-order valence-corrected chi connectivity index (χ0v) is 17.5. The summed E-state index contributed by atoms with van der Waals surface area (Å²) in [7, 11) is 2.39. The summed E-state index contributed by atoms with van der Waals surface area (Å²) >= 11 is 0. The molecule has 0 aliphatic rings. The number of rotatable bonds is 7. The summed E-state index contributed by atoms with van der Waals surface area (Å²) in [6.45, 7) is 2.49. The molecule has 0 N–H and O–H groups in total. The Hall–Kier alpha value is -3.50. The molecule has 0 aliphatic heterocycles. The summed E-state index contributed by atoms with van der Waals surface area (Å²) in [5, 5.41) is 7.23. The lowest BCUT2D eigenvalue weighted by atomic mass is 9.99. The molecule has 2 aromatic carbocycles. The van der Waals surface area contributed by atoms with E-state index in [2.05, 4.69) is 19.9 Å². The fraction of sp³-hybridized carbons (Fsp3) is 0.286. The van der Waals surface area contributed by atoms with Crippen LogP contribution in [0.4, 0.5) is 22.0 Å². The standard InChI is InChI=1S/C21H19F5N2O4/c1-11-6-5-7-14(19(28-31-4)20(29)30-3)15(11)10-32-27-12(2)18-16(21(24,25)26)8-13(22)9-17(18)23/h5-9H,10H2,1-4H3/b27-12+,28-19+. The van der Waals surface area contributed by atoms with Crippen LogP contribution in [-0.4, -0.2) is 31.6 Å². The molecule has 2 rings (SSSR count). The lowest BCUT2D eigenvalue weighted by Gasteiger charge is -2.14. The molecule has 0 amide bonds. The Labute approximate surface area is 180 Å². The minimum atomic E-state index is -5.01. The molecule has 0 atom stereocenters. The Morgan fingerprint density at radius 1 is 1.09 bits per heavy atom. The molecule has 0 heterocycles. The summed E-state index contributed by atoms with van der Waals surface area (Å²) in [6.07, 6.45) is -5.01. The van der Waals surface area contributed by atoms with E-state index in [1.807, 2.05) is 0 Å². The first-order valence-corrected chi connectivity index (χ1v) is 9.02. The van der Waals surface area contributed by atoms with Gasteiger partial charge in [0.15, 0.2) is 5.71 Å². The average molecular weight is 458 g/mol. The van der Waals surface area contributed by atoms with Gasteiger partial charge in [0, 0.05) is 22.8 Å². The second-order valence-electron chi connectivity index (χ2n) is 6.47. The molecule has 0 aliphatic carbocycles. The van der Waals surface area contributed by atoms with Crippen LogP contribution in [0.25, 0.3) is 0 Å². The highest BCUT2D eigenvalue weighted by Crippen LogP contribution is 2.34. The van der Waals surface area contributed by atoms with Crippen LogP contribution in [0.5, 0.6) is 0 Å². The molecule has 11 heteroatoms. The third-order valence-electron chi connectivity index (χ3n) is 4.36. The van der Waals surface area contributed by atoms with E-state index in [4.69, 9.17) is 4.84 Å². The lowest BCUT2D eigenvalue weighted by molar-refractivity contribution is -0.138. The molecule has 0 aromatic heterocycles. The van der Waals surface area contributed by atoms with Crippen molar-refractivity contribution in [2.75, 3.05) is 14.2 Å². The van der Waals surface area contributed by atoms with Gasteiger partial charge in [-0.3, -0.25) is 0 Å². The lowest BCUT2D eigenvalue weighted by Crippen LogP contribution is -2.20. The van der Waals surface area contributed by atoms with E-state index >= 15 is 0 Å². The predicted octanol–water partition coefficient (Wildman–Crippen LogP) is 4.76. The van der Waals surface area contributed by atoms with E-state index in [1.54, 1.807) is 25.1 Å². The van der Waals surface area contributed by atoms with Crippen LogP contribution in [0.2, 0.25) is 0 Å². The van der Waals surface area contributed by atoms with Crippen LogP contribution in [-0.2, 0) is 32.0 Å². The Bertz CT molecular complexity index is 1060. The number of hydrogen-bond acceptors (Lipinski definition) is 6. The maximum atomic E-state index is 14.1. The first-order valence-electron chi connectivity index (χ1n) is 9.02. The number of nitrogens with zero attached hydrogens (tertiary/aromatic N) is 2. The summed E-state index contributed by atoms with van der Waals surface area (Å²) in [5.74, 6) is -3.59. The molecule has 0 spiro atoms. The number of oxime groups is 2. The number of ether oxygens (including phenoxy) is 1. The molecule has 32 heavy (non-hydrogen) atoms. The second-order valence-corrected chi connectivity index (χ2v) is 6.47. The molecule has 172 valence electrons. The SMILES string of the molecule is CO/N=C(/C(=O)OC)c1cccc(C)c1CO/N=C(\C)c1c(F)cc(F)cc1C(F)(F)F. The average Bonchev–Trinajstić information content (AvgIpc) is 2.71. The van der Waals surface area contributed by atoms with Gasteiger partial charge in [0.25, 0.3) is 0 Å². The van der Waals surface area contributed by atoms with Gasteiger partial charge in [-0.15, -0.1) is 0 Å². The van der Waals surface area contributed by atoms with Crippen molar-refractivity contribution in [2.24, 2.45) is 10.3 Å². The largest absolute Gasteiger partial charge is 0.464 e. The third kappa shape index (κ3) is 5.59. The smallest absolute Gasteiger partial charge is 0.417 e. The van der Waals surface area contributed by atoms with E-state index < -0.39 is 40.6 Å². The number of esters is 1. The van der Waals surface area contributed by atoms with Crippen molar-refractivity contribution in [3.63, 3.8) is 0 Å². The molecule has 0 fully saturated rings. The molecular weight excluding hydrogens is 439 g/mol. The van der Waals surface area contributed by atoms with Crippen LogP contribution in [0.3, 0.4) is 0 Å². The molecular formula is C21H19F5N2O4. The number of methoxy groups -OCH3 is 1. The third-order valence-corrected chi connectivity index (χ3v) is 4.36. The van der Waals surface area contributed by atoms with E-state index in [0.29, 0.717) is 17.2 Å². The number of alkyl halides is 3. The van der Waals surface area contributed by atoms with Gasteiger partial charge in [0.05, 0.1) is 18.4 Å². The molecule has 2 aromatic rings. The number of hydrogen-bond donors (Lipinski definition) is 0. The van der Waals surface area contributed by atoms with Crippen LogP contribution >= 0.6 is 0 Å². The highest BCUT2D eigenvalue weighted by Gasteiger charge is 2.36. The van der Waals surface area contributed by atoms with E-state index in [1.165, 1.54) is 7.11 Å². The summed E-state index contributed by atoms with van der Waals surface area (Å²) in [5.41, 5.74) is -1.72. The molecule has 0 saturated heterocycles. The number of aryl methyl sites for hydroxylation is 1. The number of carbonyl (C=O) groups is 1. The highest BCUT2D eigenvalue weighted by atomic mass is 19.4. The molecule has 0 radical (unpaired) electrons. The normalized spacial score (nSPS) is 12.5. The monoisotopic (exact) mass is 458 g/mol. The van der Waals surface area contributed by atoms with Gasteiger partial charge < -0.3 is 14.4 Å². The zero-order valence-electron chi connectivity index (χ0n) is 17.5. The van der Waals surface area contributed by atoms with Crippen LogP contribution in [0.1, 0.15) is 34.7 Å². The highest BCUT2D eigenvalue weighted by molar-refractivity contribution is 6.43. The van der Waals surface area contributed by atoms with E-state index in [0.717, 1.165) is 14.0 Å². The van der Waals surface area contributed by atoms with Crippen molar-refractivity contribution in [1.82, 2.24) is 0 Å². The minimum absolute atomic E-state index is 0.165. The fourth-order valence-corrected chi connectivity index (χ4v) is 2.90. The predicted molar refractivity (Wildman–Crippen MR) is 105 cm³/mol. The van der Waals surface area contributed by atoms with Gasteiger partial charge in [0.1, 0.15) is 25.4 Å². The Kier molecular flexibility index (Phi) is 7.90. The number of halogens is 5. The molecule has 6 nitrogen and oxygen atoms in total. The van der Waals surface area contributed by atoms with Crippen LogP contribution in [0, 0.1) is 18.6 Å². The fourth-order valence-electron chi connectivity index (χ4n) is 2.90. The topological polar surface area (TPSA) is 69.5 Å². The van der Waals surface area contributed by atoms with Gasteiger partial charge in [-0.1, -0.05) is 28.5 Å². The van der Waals surface area contributed by atoms with Crippen molar-refractivity contribution < 1.29 is 41.2 Å². The second kappa shape index (κ2) is 10.2. The summed E-state index contributed by atoms with van der Waals surface area (Å²) in [4.78, 5) is 21.9. The van der Waals surface area contributed by atoms with Gasteiger partial charge in [-0.05, 0) is 25.5 Å². The molecule has 0 unspecified atom stereocenters. The van der Waals surface area contributed by atoms with Crippen LogP contribution < -0.4 is 0 Å². The van der Waals surface area contributed by atoms with Crippen molar-refractivity contribution in [3.8, 4) is 0 Å². The van der Waals surface area contributed by atoms with Crippen molar-refractivity contribution in [1.29, 1.82) is 0 Å². The Balaban J connectivity index is 2.41. The van der Waals surface area contributed by atoms with E-state index in [9.17, 15) is 26.7 Å². The Morgan fingerprint density at radius 2 is 1.78 bits per heavy atom. The van der Waals surface area contributed by atoms with E-state index in [-0.39, 0.29) is 23.9 Å². The summed E-state index contributed by atoms with van der Waals surface area (Å²) < 4.78 is 71.8. The maximum absolute atomic E-state index is 14.1. The molecule has 0 bridgehead atoms. The minimum Gasteiger partial charge on any atom is -0.464 e. The van der Waals surface area contributed by atoms with Gasteiger partial charge >= 0.3 is 12.1 Å². The van der Waals surface area contributed by atoms with Gasteiger partial charge in [0.2, 0.25) is 0 Å². The van der Waals surface area contributed by atoms with Crippen LogP contribution in [0.15, 0.2) is 40.6 Å².